The average Bonchev–Trinajstić information content (AvgIpc) is 2.81. The number of amides is 2. The standard InChI is InChI=1S/C18H14ClFN2O3/c1-2-25-14-6-4-3-5-13(14)22-17(23)15(19)16(18(22)24)21-12-9-7-11(20)8-10-12/h3-10,21H,2H2,1H3. The van der Waals surface area contributed by atoms with Crippen LogP contribution in [0, 0.1) is 5.82 Å². The fourth-order valence-electron chi connectivity index (χ4n) is 2.43. The summed E-state index contributed by atoms with van der Waals surface area (Å²) in [5.41, 5.74) is 0.689. The van der Waals surface area contributed by atoms with Crippen molar-refractivity contribution in [2.45, 2.75) is 6.92 Å². The van der Waals surface area contributed by atoms with Crippen LogP contribution in [0.15, 0.2) is 59.3 Å². The molecule has 0 radical (unpaired) electrons. The van der Waals surface area contributed by atoms with Crippen LogP contribution in [0.25, 0.3) is 0 Å². The molecule has 0 saturated carbocycles. The third-order valence-corrected chi connectivity index (χ3v) is 3.90. The maximum absolute atomic E-state index is 13.0. The first-order valence-electron chi connectivity index (χ1n) is 7.56. The molecule has 2 aromatic carbocycles. The Morgan fingerprint density at radius 3 is 2.44 bits per heavy atom. The highest BCUT2D eigenvalue weighted by Gasteiger charge is 2.40. The van der Waals surface area contributed by atoms with Gasteiger partial charge in [0.2, 0.25) is 0 Å². The Kier molecular flexibility index (Phi) is 4.72. The van der Waals surface area contributed by atoms with Crippen LogP contribution in [0.1, 0.15) is 6.92 Å². The summed E-state index contributed by atoms with van der Waals surface area (Å²) in [6, 6.07) is 12.1. The first-order chi connectivity index (χ1) is 12.0. The van der Waals surface area contributed by atoms with Gasteiger partial charge in [0.25, 0.3) is 11.8 Å². The molecule has 0 bridgehead atoms. The van der Waals surface area contributed by atoms with Crippen LogP contribution in [0.5, 0.6) is 5.75 Å². The van der Waals surface area contributed by atoms with Crippen LogP contribution in [0.3, 0.4) is 0 Å². The fourth-order valence-corrected chi connectivity index (χ4v) is 2.64. The molecule has 128 valence electrons. The van der Waals surface area contributed by atoms with Crippen LogP contribution >= 0.6 is 11.6 Å². The van der Waals surface area contributed by atoms with Crippen molar-refractivity contribution in [3.05, 3.63) is 65.1 Å². The van der Waals surface area contributed by atoms with E-state index in [0.717, 1.165) is 4.90 Å². The monoisotopic (exact) mass is 360 g/mol. The SMILES string of the molecule is CCOc1ccccc1N1C(=O)C(Cl)=C(Nc2ccc(F)cc2)C1=O. The van der Waals surface area contributed by atoms with E-state index in [-0.39, 0.29) is 10.7 Å². The lowest BCUT2D eigenvalue weighted by atomic mass is 10.2. The molecule has 0 aromatic heterocycles. The van der Waals surface area contributed by atoms with Gasteiger partial charge < -0.3 is 10.1 Å². The third kappa shape index (κ3) is 3.21. The molecule has 0 unspecified atom stereocenters. The smallest absolute Gasteiger partial charge is 0.283 e. The van der Waals surface area contributed by atoms with Crippen molar-refractivity contribution in [3.63, 3.8) is 0 Å². The number of benzene rings is 2. The predicted octanol–water partition coefficient (Wildman–Crippen LogP) is 3.66. The van der Waals surface area contributed by atoms with Crippen LogP contribution in [0.2, 0.25) is 0 Å². The van der Waals surface area contributed by atoms with Crippen molar-refractivity contribution < 1.29 is 18.7 Å². The molecule has 0 fully saturated rings. The summed E-state index contributed by atoms with van der Waals surface area (Å²) in [5, 5.41) is 2.54. The fraction of sp³-hybridized carbons (Fsp3) is 0.111. The Morgan fingerprint density at radius 1 is 1.08 bits per heavy atom. The summed E-state index contributed by atoms with van der Waals surface area (Å²) >= 11 is 6.07. The van der Waals surface area contributed by atoms with Crippen LogP contribution in [0.4, 0.5) is 15.8 Å². The number of hydrogen-bond donors (Lipinski definition) is 1. The van der Waals surface area contributed by atoms with Gasteiger partial charge in [0, 0.05) is 5.69 Å². The number of halogens is 2. The van der Waals surface area contributed by atoms with Gasteiger partial charge in [-0.2, -0.15) is 0 Å². The highest BCUT2D eigenvalue weighted by molar-refractivity contribution is 6.53. The van der Waals surface area contributed by atoms with Crippen LogP contribution in [-0.4, -0.2) is 18.4 Å². The molecule has 25 heavy (non-hydrogen) atoms. The first kappa shape index (κ1) is 17.0. The minimum Gasteiger partial charge on any atom is -0.492 e. The lowest BCUT2D eigenvalue weighted by molar-refractivity contribution is -0.120. The second-order valence-electron chi connectivity index (χ2n) is 5.17. The molecule has 0 aliphatic carbocycles. The second kappa shape index (κ2) is 6.94. The van der Waals surface area contributed by atoms with Gasteiger partial charge in [0.05, 0.1) is 12.3 Å². The average molecular weight is 361 g/mol. The second-order valence-corrected chi connectivity index (χ2v) is 5.55. The van der Waals surface area contributed by atoms with E-state index < -0.39 is 17.6 Å². The zero-order valence-electron chi connectivity index (χ0n) is 13.3. The summed E-state index contributed by atoms with van der Waals surface area (Å²) < 4.78 is 18.5. The molecule has 0 spiro atoms. The number of para-hydroxylation sites is 2. The molecular formula is C18H14ClFN2O3. The van der Waals surface area contributed by atoms with Gasteiger partial charge in [-0.05, 0) is 43.3 Å². The lowest BCUT2D eigenvalue weighted by Gasteiger charge is -2.18. The highest BCUT2D eigenvalue weighted by atomic mass is 35.5. The quantitative estimate of drug-likeness (QED) is 0.827. The van der Waals surface area contributed by atoms with Gasteiger partial charge in [-0.1, -0.05) is 23.7 Å². The van der Waals surface area contributed by atoms with E-state index in [2.05, 4.69) is 5.32 Å². The Balaban J connectivity index is 1.93. The van der Waals surface area contributed by atoms with E-state index >= 15 is 0 Å². The minimum atomic E-state index is -0.650. The number of anilines is 2. The van der Waals surface area contributed by atoms with E-state index in [1.54, 1.807) is 31.2 Å². The number of ether oxygens (including phenoxy) is 1. The van der Waals surface area contributed by atoms with Gasteiger partial charge >= 0.3 is 0 Å². The molecule has 5 nitrogen and oxygen atoms in total. The largest absolute Gasteiger partial charge is 0.492 e. The maximum atomic E-state index is 13.0. The van der Waals surface area contributed by atoms with Crippen molar-refractivity contribution in [2.24, 2.45) is 0 Å². The van der Waals surface area contributed by atoms with Crippen molar-refractivity contribution >= 4 is 34.8 Å². The van der Waals surface area contributed by atoms with Gasteiger partial charge in [-0.3, -0.25) is 9.59 Å². The zero-order chi connectivity index (χ0) is 18.0. The molecule has 2 aromatic rings. The van der Waals surface area contributed by atoms with Gasteiger partial charge in [-0.15, -0.1) is 0 Å². The van der Waals surface area contributed by atoms with Gasteiger partial charge in [0.15, 0.2) is 0 Å². The van der Waals surface area contributed by atoms with Crippen molar-refractivity contribution in [1.29, 1.82) is 0 Å². The molecule has 7 heteroatoms. The predicted molar refractivity (Wildman–Crippen MR) is 93.0 cm³/mol. The van der Waals surface area contributed by atoms with Crippen LogP contribution < -0.4 is 15.0 Å². The minimum absolute atomic E-state index is 0.0652. The summed E-state index contributed by atoms with van der Waals surface area (Å²) in [7, 11) is 0. The number of hydrogen-bond acceptors (Lipinski definition) is 4. The summed E-state index contributed by atoms with van der Waals surface area (Å²) in [6.07, 6.45) is 0. The van der Waals surface area contributed by atoms with E-state index in [4.69, 9.17) is 16.3 Å². The number of nitrogens with zero attached hydrogens (tertiary/aromatic N) is 1. The maximum Gasteiger partial charge on any atom is 0.283 e. The molecule has 3 rings (SSSR count). The van der Waals surface area contributed by atoms with E-state index in [0.29, 0.717) is 23.7 Å². The van der Waals surface area contributed by atoms with E-state index in [9.17, 15) is 14.0 Å². The molecule has 1 aliphatic heterocycles. The normalized spacial score (nSPS) is 14.3. The molecule has 2 amide bonds. The van der Waals surface area contributed by atoms with Crippen molar-refractivity contribution in [3.8, 4) is 5.75 Å². The Bertz CT molecular complexity index is 865. The summed E-state index contributed by atoms with van der Waals surface area (Å²) in [5.74, 6) is -1.26. The summed E-state index contributed by atoms with van der Waals surface area (Å²) in [4.78, 5) is 26.2. The number of carbonyl (C=O) groups is 2. The summed E-state index contributed by atoms with van der Waals surface area (Å²) in [6.45, 7) is 2.19. The Labute approximate surface area is 148 Å². The van der Waals surface area contributed by atoms with Crippen molar-refractivity contribution in [1.82, 2.24) is 0 Å². The highest BCUT2D eigenvalue weighted by Crippen LogP contribution is 2.35. The molecular weight excluding hydrogens is 347 g/mol. The van der Waals surface area contributed by atoms with Gasteiger partial charge in [0.1, 0.15) is 22.3 Å². The van der Waals surface area contributed by atoms with E-state index in [1.165, 1.54) is 24.3 Å². The number of imide groups is 1. The number of rotatable bonds is 5. The molecule has 1 aliphatic rings. The lowest BCUT2D eigenvalue weighted by Crippen LogP contribution is -2.32. The first-order valence-corrected chi connectivity index (χ1v) is 7.93. The number of nitrogens with one attached hydrogen (secondary N) is 1. The Hall–Kier alpha value is -2.86. The molecule has 0 atom stereocenters. The molecule has 1 N–H and O–H groups in total. The van der Waals surface area contributed by atoms with Crippen molar-refractivity contribution in [2.75, 3.05) is 16.8 Å². The third-order valence-electron chi connectivity index (χ3n) is 3.55. The topological polar surface area (TPSA) is 58.6 Å². The Morgan fingerprint density at radius 2 is 1.76 bits per heavy atom. The van der Waals surface area contributed by atoms with Gasteiger partial charge in [-0.25, -0.2) is 9.29 Å². The molecule has 1 heterocycles. The van der Waals surface area contributed by atoms with Crippen LogP contribution in [-0.2, 0) is 9.59 Å². The zero-order valence-corrected chi connectivity index (χ0v) is 14.0. The van der Waals surface area contributed by atoms with E-state index in [1.807, 2.05) is 0 Å². The number of carbonyl (C=O) groups excluding carboxylic acids is 2. The molecule has 0 saturated heterocycles.